The van der Waals surface area contributed by atoms with Gasteiger partial charge >= 0.3 is 0 Å². The molecule has 3 aromatic carbocycles. The van der Waals surface area contributed by atoms with E-state index in [1.165, 1.54) is 0 Å². The van der Waals surface area contributed by atoms with E-state index in [0.717, 1.165) is 37.5 Å². The summed E-state index contributed by atoms with van der Waals surface area (Å²) >= 11 is 3.60. The average Bonchev–Trinajstić information content (AvgIpc) is 3.05. The van der Waals surface area contributed by atoms with E-state index in [2.05, 4.69) is 15.9 Å². The normalized spacial score (nSPS) is 12.8. The van der Waals surface area contributed by atoms with E-state index in [4.69, 9.17) is 12.3 Å². The van der Waals surface area contributed by atoms with Gasteiger partial charge in [0.2, 0.25) is 0 Å². The summed E-state index contributed by atoms with van der Waals surface area (Å²) in [6.45, 7) is 0. The Labute approximate surface area is 141 Å². The van der Waals surface area contributed by atoms with Crippen LogP contribution in [0.1, 0.15) is 15.9 Å². The lowest BCUT2D eigenvalue weighted by atomic mass is 9.92. The standard InChI is InChI=1S/C19H8BBrO2/c20-9-5-6-10-12(7-9)18(22)13-8-14(21)17-11-3-1-2-4-15(11)23-19(17)16(10)13/h1-8H. The van der Waals surface area contributed by atoms with Gasteiger partial charge in [-0.05, 0) is 33.6 Å². The van der Waals surface area contributed by atoms with Crippen LogP contribution in [-0.2, 0) is 0 Å². The summed E-state index contributed by atoms with van der Waals surface area (Å²) in [6, 6.07) is 15.2. The molecule has 0 aliphatic heterocycles. The predicted molar refractivity (Wildman–Crippen MR) is 95.7 cm³/mol. The zero-order chi connectivity index (χ0) is 15.7. The van der Waals surface area contributed by atoms with Crippen molar-refractivity contribution in [2.45, 2.75) is 0 Å². The molecule has 4 aromatic rings. The van der Waals surface area contributed by atoms with Crippen LogP contribution < -0.4 is 5.46 Å². The quantitative estimate of drug-likeness (QED) is 0.385. The van der Waals surface area contributed by atoms with Crippen LogP contribution in [0.25, 0.3) is 33.1 Å². The molecule has 5 rings (SSSR count). The van der Waals surface area contributed by atoms with Crippen molar-refractivity contribution >= 4 is 57.0 Å². The molecule has 0 saturated carbocycles. The molecule has 4 heteroatoms. The maximum atomic E-state index is 12.7. The van der Waals surface area contributed by atoms with Gasteiger partial charge in [-0.1, -0.05) is 41.9 Å². The number of hydrogen-bond acceptors (Lipinski definition) is 2. The monoisotopic (exact) mass is 358 g/mol. The molecule has 0 spiro atoms. The van der Waals surface area contributed by atoms with E-state index in [1.54, 1.807) is 6.07 Å². The Hall–Kier alpha value is -2.33. The summed E-state index contributed by atoms with van der Waals surface area (Å²) in [5.74, 6) is -0.00893. The fourth-order valence-electron chi connectivity index (χ4n) is 3.41. The van der Waals surface area contributed by atoms with Gasteiger partial charge in [0.15, 0.2) is 5.78 Å². The molecule has 0 fully saturated rings. The number of benzene rings is 3. The minimum Gasteiger partial charge on any atom is -0.455 e. The summed E-state index contributed by atoms with van der Waals surface area (Å²) in [5.41, 5.74) is 5.18. The van der Waals surface area contributed by atoms with Crippen LogP contribution in [0.2, 0.25) is 0 Å². The number of ketones is 1. The van der Waals surface area contributed by atoms with Crippen LogP contribution in [0.3, 0.4) is 0 Å². The lowest BCUT2D eigenvalue weighted by molar-refractivity contribution is 0.104. The highest BCUT2D eigenvalue weighted by Crippen LogP contribution is 2.46. The molecule has 2 nitrogen and oxygen atoms in total. The average molecular weight is 359 g/mol. The highest BCUT2D eigenvalue weighted by molar-refractivity contribution is 9.10. The first-order valence-corrected chi connectivity index (χ1v) is 8.03. The number of halogens is 1. The minimum atomic E-state index is -0.00893. The summed E-state index contributed by atoms with van der Waals surface area (Å²) in [4.78, 5) is 12.7. The molecule has 1 aromatic heterocycles. The van der Waals surface area contributed by atoms with Gasteiger partial charge in [0.05, 0.1) is 0 Å². The maximum Gasteiger partial charge on any atom is 0.194 e. The Morgan fingerprint density at radius 2 is 1.78 bits per heavy atom. The smallest absolute Gasteiger partial charge is 0.194 e. The van der Waals surface area contributed by atoms with Crippen molar-refractivity contribution in [1.29, 1.82) is 0 Å². The topological polar surface area (TPSA) is 30.2 Å². The van der Waals surface area contributed by atoms with Crippen molar-refractivity contribution in [1.82, 2.24) is 0 Å². The second-order valence-corrected chi connectivity index (χ2v) is 6.57. The Balaban J connectivity index is 2.02. The second kappa shape index (κ2) is 4.36. The predicted octanol–water partition coefficient (Wildman–Crippen LogP) is 4.35. The van der Waals surface area contributed by atoms with Crippen molar-refractivity contribution in [3.05, 3.63) is 64.1 Å². The Bertz CT molecular complexity index is 1160. The number of carbonyl (C=O) groups is 1. The SMILES string of the molecule is [B]c1ccc2c(c1)C(=O)c1cc(Br)c3c(oc4ccccc43)c1-2. The zero-order valence-electron chi connectivity index (χ0n) is 11.9. The maximum absolute atomic E-state index is 12.7. The molecule has 0 N–H and O–H groups in total. The number of carbonyl (C=O) groups excluding carboxylic acids is 1. The molecular formula is C19H8BBrO2. The molecular weight excluding hydrogens is 351 g/mol. The van der Waals surface area contributed by atoms with Crippen molar-refractivity contribution in [3.8, 4) is 11.1 Å². The molecule has 0 atom stereocenters. The summed E-state index contributed by atoms with van der Waals surface area (Å²) in [5, 5.41) is 2.03. The van der Waals surface area contributed by atoms with Crippen LogP contribution in [0.5, 0.6) is 0 Å². The summed E-state index contributed by atoms with van der Waals surface area (Å²) in [7, 11) is 5.85. The van der Waals surface area contributed by atoms with Gasteiger partial charge < -0.3 is 4.42 Å². The van der Waals surface area contributed by atoms with Gasteiger partial charge in [-0.2, -0.15) is 0 Å². The van der Waals surface area contributed by atoms with Gasteiger partial charge in [-0.3, -0.25) is 4.79 Å². The molecule has 23 heavy (non-hydrogen) atoms. The number of para-hydroxylation sites is 1. The largest absolute Gasteiger partial charge is 0.455 e. The Kier molecular flexibility index (Phi) is 2.49. The lowest BCUT2D eigenvalue weighted by Crippen LogP contribution is -2.05. The van der Waals surface area contributed by atoms with E-state index in [1.807, 2.05) is 42.5 Å². The highest BCUT2D eigenvalue weighted by atomic mass is 79.9. The second-order valence-electron chi connectivity index (χ2n) is 5.72. The van der Waals surface area contributed by atoms with Crippen LogP contribution in [0.15, 0.2) is 57.4 Å². The van der Waals surface area contributed by atoms with Crippen molar-refractivity contribution in [2.75, 3.05) is 0 Å². The summed E-state index contributed by atoms with van der Waals surface area (Å²) in [6.07, 6.45) is 0. The molecule has 106 valence electrons. The van der Waals surface area contributed by atoms with Gasteiger partial charge in [-0.25, -0.2) is 0 Å². The van der Waals surface area contributed by atoms with Gasteiger partial charge in [0.25, 0.3) is 0 Å². The molecule has 0 saturated heterocycles. The van der Waals surface area contributed by atoms with E-state index in [9.17, 15) is 4.79 Å². The number of furan rings is 1. The third kappa shape index (κ3) is 1.62. The zero-order valence-corrected chi connectivity index (χ0v) is 13.5. The first-order chi connectivity index (χ1) is 11.1. The first kappa shape index (κ1) is 13.1. The van der Waals surface area contributed by atoms with E-state index in [0.29, 0.717) is 16.6 Å². The van der Waals surface area contributed by atoms with Gasteiger partial charge in [0.1, 0.15) is 19.0 Å². The van der Waals surface area contributed by atoms with E-state index < -0.39 is 0 Å². The van der Waals surface area contributed by atoms with E-state index >= 15 is 0 Å². The third-order valence-corrected chi connectivity index (χ3v) is 5.03. The van der Waals surface area contributed by atoms with Crippen LogP contribution in [0, 0.1) is 0 Å². The molecule has 1 aliphatic rings. The van der Waals surface area contributed by atoms with Crippen molar-refractivity contribution < 1.29 is 9.21 Å². The first-order valence-electron chi connectivity index (χ1n) is 7.23. The number of fused-ring (bicyclic) bond motifs is 7. The Morgan fingerprint density at radius 3 is 2.65 bits per heavy atom. The van der Waals surface area contributed by atoms with Gasteiger partial charge in [0, 0.05) is 31.9 Å². The lowest BCUT2D eigenvalue weighted by Gasteiger charge is -2.03. The number of rotatable bonds is 0. The minimum absolute atomic E-state index is 0.00893. The molecule has 0 bridgehead atoms. The van der Waals surface area contributed by atoms with Crippen LogP contribution in [0.4, 0.5) is 0 Å². The molecule has 0 unspecified atom stereocenters. The van der Waals surface area contributed by atoms with Crippen LogP contribution >= 0.6 is 15.9 Å². The third-order valence-electron chi connectivity index (χ3n) is 4.40. The van der Waals surface area contributed by atoms with Crippen molar-refractivity contribution in [3.63, 3.8) is 0 Å². The summed E-state index contributed by atoms with van der Waals surface area (Å²) < 4.78 is 6.96. The molecule has 1 heterocycles. The molecule has 0 amide bonds. The fourth-order valence-corrected chi connectivity index (χ4v) is 4.03. The molecule has 2 radical (unpaired) electrons. The fraction of sp³-hybridized carbons (Fsp3) is 0. The van der Waals surface area contributed by atoms with Crippen LogP contribution in [-0.4, -0.2) is 13.6 Å². The highest BCUT2D eigenvalue weighted by Gasteiger charge is 2.31. The Morgan fingerprint density at radius 1 is 0.957 bits per heavy atom. The number of hydrogen-bond donors (Lipinski definition) is 0. The van der Waals surface area contributed by atoms with Crippen molar-refractivity contribution in [2.24, 2.45) is 0 Å². The van der Waals surface area contributed by atoms with Gasteiger partial charge in [-0.15, -0.1) is 0 Å². The molecule has 1 aliphatic carbocycles. The van der Waals surface area contributed by atoms with E-state index in [-0.39, 0.29) is 5.78 Å².